The number of carbonyl (C=O) groups is 3. The zero-order chi connectivity index (χ0) is 16.7. The molecule has 1 rings (SSSR count). The minimum absolute atomic E-state index is 0.0317. The Labute approximate surface area is 132 Å². The number of unbranched alkanes of at least 4 members (excludes halogenated alkanes) is 1. The summed E-state index contributed by atoms with van der Waals surface area (Å²) in [5.41, 5.74) is 0. The molecule has 0 aromatic rings. The molecule has 126 valence electrons. The van der Waals surface area contributed by atoms with Crippen LogP contribution in [0.25, 0.3) is 0 Å². The van der Waals surface area contributed by atoms with Gasteiger partial charge in [-0.1, -0.05) is 33.6 Å². The largest absolute Gasteiger partial charge is 0.480 e. The van der Waals surface area contributed by atoms with Gasteiger partial charge in [0.25, 0.3) is 0 Å². The number of hydrogen-bond acceptors (Lipinski definition) is 3. The maximum absolute atomic E-state index is 12.2. The molecular weight excluding hydrogens is 284 g/mol. The molecule has 1 atom stereocenters. The lowest BCUT2D eigenvalue weighted by atomic mass is 9.94. The Bertz CT molecular complexity index is 401. The zero-order valence-electron chi connectivity index (χ0n) is 13.8. The molecule has 1 aliphatic rings. The highest BCUT2D eigenvalue weighted by molar-refractivity contribution is 5.85. The third-order valence-electron chi connectivity index (χ3n) is 4.13. The highest BCUT2D eigenvalue weighted by Gasteiger charge is 2.30. The Morgan fingerprint density at radius 2 is 1.82 bits per heavy atom. The first-order chi connectivity index (χ1) is 10.4. The smallest absolute Gasteiger partial charge is 0.326 e. The molecule has 1 aliphatic heterocycles. The molecule has 1 fully saturated rings. The fraction of sp³-hybridized carbons (Fsp3) is 0.812. The summed E-state index contributed by atoms with van der Waals surface area (Å²) in [4.78, 5) is 37.1. The number of carboxylic acids is 1. The number of likely N-dealkylation sites (tertiary alicyclic amines) is 1. The highest BCUT2D eigenvalue weighted by atomic mass is 16.4. The number of nitrogens with zero attached hydrogens (tertiary/aromatic N) is 1. The summed E-state index contributed by atoms with van der Waals surface area (Å²) < 4.78 is 0. The minimum Gasteiger partial charge on any atom is -0.480 e. The number of amides is 2. The van der Waals surface area contributed by atoms with Gasteiger partial charge in [0, 0.05) is 24.9 Å². The first-order valence-corrected chi connectivity index (χ1v) is 8.18. The second-order valence-corrected chi connectivity index (χ2v) is 6.30. The van der Waals surface area contributed by atoms with Crippen LogP contribution in [0.2, 0.25) is 0 Å². The standard InChI is InChI=1S/C16H28N2O4/c1-4-5-6-13(16(21)22)17-14(19)12-7-9-18(10-8-12)15(20)11(2)3/h11-13H,4-10H2,1-3H3,(H,17,19)(H,21,22). The molecule has 1 heterocycles. The first-order valence-electron chi connectivity index (χ1n) is 8.18. The van der Waals surface area contributed by atoms with Crippen LogP contribution in [0.3, 0.4) is 0 Å². The van der Waals surface area contributed by atoms with Crippen LogP contribution in [-0.2, 0) is 14.4 Å². The van der Waals surface area contributed by atoms with E-state index in [1.165, 1.54) is 0 Å². The number of nitrogens with one attached hydrogen (secondary N) is 1. The molecule has 22 heavy (non-hydrogen) atoms. The molecule has 0 bridgehead atoms. The van der Waals surface area contributed by atoms with Crippen molar-refractivity contribution in [2.24, 2.45) is 11.8 Å². The van der Waals surface area contributed by atoms with Gasteiger partial charge in [0.15, 0.2) is 0 Å². The van der Waals surface area contributed by atoms with E-state index >= 15 is 0 Å². The van der Waals surface area contributed by atoms with Crippen molar-refractivity contribution in [3.8, 4) is 0 Å². The number of carbonyl (C=O) groups excluding carboxylic acids is 2. The van der Waals surface area contributed by atoms with E-state index in [2.05, 4.69) is 5.32 Å². The van der Waals surface area contributed by atoms with Crippen molar-refractivity contribution in [2.75, 3.05) is 13.1 Å². The lowest BCUT2D eigenvalue weighted by Crippen LogP contribution is -2.48. The van der Waals surface area contributed by atoms with Crippen LogP contribution in [0, 0.1) is 11.8 Å². The van der Waals surface area contributed by atoms with Crippen molar-refractivity contribution in [3.05, 3.63) is 0 Å². The van der Waals surface area contributed by atoms with Crippen LogP contribution >= 0.6 is 0 Å². The van der Waals surface area contributed by atoms with Crippen LogP contribution in [0.15, 0.2) is 0 Å². The van der Waals surface area contributed by atoms with E-state index in [4.69, 9.17) is 5.11 Å². The summed E-state index contributed by atoms with van der Waals surface area (Å²) in [5.74, 6) is -1.28. The number of hydrogen-bond donors (Lipinski definition) is 2. The van der Waals surface area contributed by atoms with Crippen LogP contribution in [0.5, 0.6) is 0 Å². The summed E-state index contributed by atoms with van der Waals surface area (Å²) in [6.07, 6.45) is 3.34. The monoisotopic (exact) mass is 312 g/mol. The van der Waals surface area contributed by atoms with Gasteiger partial charge >= 0.3 is 5.97 Å². The second kappa shape index (κ2) is 8.76. The van der Waals surface area contributed by atoms with E-state index in [9.17, 15) is 14.4 Å². The van der Waals surface area contributed by atoms with Gasteiger partial charge < -0.3 is 15.3 Å². The van der Waals surface area contributed by atoms with Gasteiger partial charge in [0.05, 0.1) is 0 Å². The number of piperidine rings is 1. The van der Waals surface area contributed by atoms with Gasteiger partial charge in [-0.05, 0) is 19.3 Å². The molecule has 0 aromatic heterocycles. The molecule has 1 saturated heterocycles. The van der Waals surface area contributed by atoms with Crippen LogP contribution in [-0.4, -0.2) is 46.9 Å². The maximum atomic E-state index is 12.2. The summed E-state index contributed by atoms with van der Waals surface area (Å²) >= 11 is 0. The molecule has 1 unspecified atom stereocenters. The zero-order valence-corrected chi connectivity index (χ0v) is 13.8. The van der Waals surface area contributed by atoms with Crippen molar-refractivity contribution in [1.82, 2.24) is 10.2 Å². The Hall–Kier alpha value is -1.59. The maximum Gasteiger partial charge on any atom is 0.326 e. The molecule has 0 radical (unpaired) electrons. The van der Waals surface area contributed by atoms with E-state index < -0.39 is 12.0 Å². The SMILES string of the molecule is CCCCC(NC(=O)C1CCN(C(=O)C(C)C)CC1)C(=O)O. The van der Waals surface area contributed by atoms with E-state index in [1.807, 2.05) is 20.8 Å². The molecule has 0 aromatic carbocycles. The van der Waals surface area contributed by atoms with Gasteiger partial charge in [-0.25, -0.2) is 4.79 Å². The molecule has 6 nitrogen and oxygen atoms in total. The number of rotatable bonds is 7. The third-order valence-corrected chi connectivity index (χ3v) is 4.13. The molecule has 0 aliphatic carbocycles. The minimum atomic E-state index is -0.978. The lowest BCUT2D eigenvalue weighted by Gasteiger charge is -2.32. The fourth-order valence-electron chi connectivity index (χ4n) is 2.68. The van der Waals surface area contributed by atoms with E-state index in [1.54, 1.807) is 4.90 Å². The summed E-state index contributed by atoms with van der Waals surface area (Å²) in [5, 5.41) is 11.8. The van der Waals surface area contributed by atoms with Crippen molar-refractivity contribution in [2.45, 2.75) is 58.9 Å². The van der Waals surface area contributed by atoms with E-state index in [-0.39, 0.29) is 23.7 Å². The van der Waals surface area contributed by atoms with Gasteiger partial charge in [0.2, 0.25) is 11.8 Å². The van der Waals surface area contributed by atoms with Gasteiger partial charge in [-0.2, -0.15) is 0 Å². The summed E-state index contributed by atoms with van der Waals surface area (Å²) in [7, 11) is 0. The van der Waals surface area contributed by atoms with Crippen molar-refractivity contribution in [3.63, 3.8) is 0 Å². The average Bonchev–Trinajstić information content (AvgIpc) is 2.50. The molecule has 2 amide bonds. The molecular formula is C16H28N2O4. The van der Waals surface area contributed by atoms with Crippen LogP contribution in [0.4, 0.5) is 0 Å². The fourth-order valence-corrected chi connectivity index (χ4v) is 2.68. The van der Waals surface area contributed by atoms with Crippen molar-refractivity contribution in [1.29, 1.82) is 0 Å². The Morgan fingerprint density at radius 3 is 2.27 bits per heavy atom. The Kier molecular flexibility index (Phi) is 7.35. The molecule has 0 spiro atoms. The van der Waals surface area contributed by atoms with Gasteiger partial charge in [0.1, 0.15) is 6.04 Å². The van der Waals surface area contributed by atoms with Gasteiger partial charge in [-0.3, -0.25) is 9.59 Å². The first kappa shape index (κ1) is 18.5. The molecule has 6 heteroatoms. The van der Waals surface area contributed by atoms with Crippen LogP contribution in [0.1, 0.15) is 52.9 Å². The number of carboxylic acid groups (broad SMARTS) is 1. The Morgan fingerprint density at radius 1 is 1.23 bits per heavy atom. The van der Waals surface area contributed by atoms with Gasteiger partial charge in [-0.15, -0.1) is 0 Å². The molecule has 2 N–H and O–H groups in total. The number of aliphatic carboxylic acids is 1. The quantitative estimate of drug-likeness (QED) is 0.748. The Balaban J connectivity index is 2.47. The van der Waals surface area contributed by atoms with Crippen molar-refractivity contribution < 1.29 is 19.5 Å². The summed E-state index contributed by atoms with van der Waals surface area (Å²) in [6.45, 7) is 6.87. The highest BCUT2D eigenvalue weighted by Crippen LogP contribution is 2.19. The van der Waals surface area contributed by atoms with E-state index in [0.717, 1.165) is 12.8 Å². The van der Waals surface area contributed by atoms with Crippen LogP contribution < -0.4 is 5.32 Å². The predicted molar refractivity (Wildman–Crippen MR) is 83.2 cm³/mol. The topological polar surface area (TPSA) is 86.7 Å². The summed E-state index contributed by atoms with van der Waals surface area (Å²) in [6, 6.07) is -0.803. The van der Waals surface area contributed by atoms with Crippen molar-refractivity contribution >= 4 is 17.8 Å². The normalized spacial score (nSPS) is 17.4. The second-order valence-electron chi connectivity index (χ2n) is 6.30. The molecule has 0 saturated carbocycles. The van der Waals surface area contributed by atoms with E-state index in [0.29, 0.717) is 32.4 Å². The third kappa shape index (κ3) is 5.31. The average molecular weight is 312 g/mol. The predicted octanol–water partition coefficient (Wildman–Crippen LogP) is 1.64. The lowest BCUT2D eigenvalue weighted by molar-refractivity contribution is -0.143.